The Labute approximate surface area is 216 Å². The van der Waals surface area contributed by atoms with Gasteiger partial charge in [-0.15, -0.1) is 0 Å². The quantitative estimate of drug-likeness (QED) is 0.206. The van der Waals surface area contributed by atoms with Crippen LogP contribution in [0.5, 0.6) is 0 Å². The third-order valence-corrected chi connectivity index (χ3v) is 5.71. The van der Waals surface area contributed by atoms with E-state index >= 15 is 0 Å². The molecule has 0 fully saturated rings. The van der Waals surface area contributed by atoms with Crippen LogP contribution < -0.4 is 0 Å². The summed E-state index contributed by atoms with van der Waals surface area (Å²) in [6.07, 6.45) is 11.4. The lowest BCUT2D eigenvalue weighted by atomic mass is 9.98. The molecule has 0 N–H and O–H groups in total. The summed E-state index contributed by atoms with van der Waals surface area (Å²) in [6.45, 7) is 10.3. The normalized spacial score (nSPS) is 11.5. The summed E-state index contributed by atoms with van der Waals surface area (Å²) in [5.74, 6) is 0.741. The minimum absolute atomic E-state index is 0.741. The molecule has 0 saturated carbocycles. The zero-order valence-corrected chi connectivity index (χ0v) is 22.1. The first-order valence-corrected chi connectivity index (χ1v) is 12.6. The molecule has 0 aliphatic carbocycles. The largest absolute Gasteiger partial charge is 0.228 e. The van der Waals surface area contributed by atoms with E-state index in [9.17, 15) is 0 Å². The summed E-state index contributed by atoms with van der Waals surface area (Å²) < 4.78 is 0. The fraction of sp³-hybridized carbons (Fsp3) is 0.176. The first-order chi connectivity index (χ1) is 17.6. The third kappa shape index (κ3) is 7.23. The van der Waals surface area contributed by atoms with E-state index in [4.69, 9.17) is 9.97 Å². The lowest BCUT2D eigenvalue weighted by Gasteiger charge is -2.12. The maximum atomic E-state index is 4.98. The molecule has 1 heterocycles. The second kappa shape index (κ2) is 13.7. The standard InChI is InChI=1S/C30H28N2.C4H8/c1-4-6-13-23(5-2)28-21-29(32-30(31-28)25-16-11-8-12-17-25)27-19-22(3)18-26(20-27)24-14-9-7-10-15-24;1-3-4-2/h5-21H,4H2,1-3H3;3-4H,1-2H3/b13-6-,23-5+;4-3-. The molecule has 1 aromatic heterocycles. The smallest absolute Gasteiger partial charge is 0.160 e. The number of aryl methyl sites for hydroxylation is 1. The fourth-order valence-corrected chi connectivity index (χ4v) is 3.76. The molecule has 0 amide bonds. The molecule has 0 bridgehead atoms. The molecule has 4 rings (SSSR count). The van der Waals surface area contributed by atoms with Gasteiger partial charge in [0.15, 0.2) is 5.82 Å². The van der Waals surface area contributed by atoms with Crippen LogP contribution in [0.25, 0.3) is 39.3 Å². The van der Waals surface area contributed by atoms with E-state index in [0.717, 1.165) is 40.3 Å². The van der Waals surface area contributed by atoms with Crippen LogP contribution in [-0.4, -0.2) is 9.97 Å². The summed E-state index contributed by atoms with van der Waals surface area (Å²) >= 11 is 0. The molecule has 0 saturated heterocycles. The molecule has 0 aliphatic heterocycles. The van der Waals surface area contributed by atoms with Crippen molar-refractivity contribution in [2.45, 2.75) is 41.0 Å². The van der Waals surface area contributed by atoms with Gasteiger partial charge in [0, 0.05) is 11.1 Å². The van der Waals surface area contributed by atoms with Gasteiger partial charge in [-0.25, -0.2) is 9.97 Å². The minimum Gasteiger partial charge on any atom is -0.228 e. The Morgan fingerprint density at radius 1 is 0.694 bits per heavy atom. The number of allylic oxidation sites excluding steroid dienone is 6. The van der Waals surface area contributed by atoms with Crippen molar-refractivity contribution in [1.29, 1.82) is 0 Å². The van der Waals surface area contributed by atoms with Crippen LogP contribution in [0.1, 0.15) is 45.4 Å². The average molecular weight is 473 g/mol. The van der Waals surface area contributed by atoms with Crippen LogP contribution in [0.4, 0.5) is 0 Å². The first-order valence-electron chi connectivity index (χ1n) is 12.6. The molecule has 0 unspecified atom stereocenters. The van der Waals surface area contributed by atoms with E-state index in [1.807, 2.05) is 50.3 Å². The first kappa shape index (κ1) is 26.6. The highest BCUT2D eigenvalue weighted by molar-refractivity contribution is 5.78. The number of aromatic nitrogens is 2. The van der Waals surface area contributed by atoms with Gasteiger partial charge >= 0.3 is 0 Å². The van der Waals surface area contributed by atoms with E-state index in [0.29, 0.717) is 0 Å². The van der Waals surface area contributed by atoms with Gasteiger partial charge in [-0.2, -0.15) is 0 Å². The van der Waals surface area contributed by atoms with Crippen molar-refractivity contribution >= 4 is 5.57 Å². The number of benzene rings is 3. The summed E-state index contributed by atoms with van der Waals surface area (Å²) in [5, 5.41) is 0. The van der Waals surface area contributed by atoms with Gasteiger partial charge in [0.2, 0.25) is 0 Å². The maximum Gasteiger partial charge on any atom is 0.160 e. The van der Waals surface area contributed by atoms with Gasteiger partial charge in [0.25, 0.3) is 0 Å². The van der Waals surface area contributed by atoms with E-state index in [-0.39, 0.29) is 0 Å². The summed E-state index contributed by atoms with van der Waals surface area (Å²) in [6, 6.07) is 29.4. The third-order valence-electron chi connectivity index (χ3n) is 5.71. The van der Waals surface area contributed by atoms with Gasteiger partial charge in [0.1, 0.15) is 0 Å². The number of hydrogen-bond donors (Lipinski definition) is 0. The highest BCUT2D eigenvalue weighted by Crippen LogP contribution is 2.30. The van der Waals surface area contributed by atoms with Crippen LogP contribution in [0, 0.1) is 6.92 Å². The van der Waals surface area contributed by atoms with E-state index in [2.05, 4.69) is 99.7 Å². The predicted octanol–water partition coefficient (Wildman–Crippen LogP) is 9.74. The fourth-order valence-electron chi connectivity index (χ4n) is 3.76. The Morgan fingerprint density at radius 2 is 1.31 bits per heavy atom. The molecular formula is C34H36N2. The second-order valence-corrected chi connectivity index (χ2v) is 8.50. The molecule has 0 radical (unpaired) electrons. The van der Waals surface area contributed by atoms with Gasteiger partial charge in [-0.05, 0) is 74.6 Å². The molecule has 36 heavy (non-hydrogen) atoms. The van der Waals surface area contributed by atoms with Crippen LogP contribution in [0.3, 0.4) is 0 Å². The summed E-state index contributed by atoms with van der Waals surface area (Å²) in [4.78, 5) is 9.91. The molecule has 2 heteroatoms. The summed E-state index contributed by atoms with van der Waals surface area (Å²) in [5.41, 5.74) is 8.68. The number of hydrogen-bond acceptors (Lipinski definition) is 2. The van der Waals surface area contributed by atoms with Crippen molar-refractivity contribution in [2.24, 2.45) is 0 Å². The van der Waals surface area contributed by atoms with Crippen LogP contribution in [-0.2, 0) is 0 Å². The van der Waals surface area contributed by atoms with Gasteiger partial charge in [0.05, 0.1) is 11.4 Å². The zero-order valence-electron chi connectivity index (χ0n) is 22.1. The lowest BCUT2D eigenvalue weighted by molar-refractivity contribution is 1.15. The van der Waals surface area contributed by atoms with Crippen LogP contribution in [0.15, 0.2) is 115 Å². The predicted molar refractivity (Wildman–Crippen MR) is 157 cm³/mol. The van der Waals surface area contributed by atoms with Crippen molar-refractivity contribution in [3.8, 4) is 33.8 Å². The Balaban J connectivity index is 0.000000840. The lowest BCUT2D eigenvalue weighted by Crippen LogP contribution is -1.98. The topological polar surface area (TPSA) is 25.8 Å². The maximum absolute atomic E-state index is 4.98. The average Bonchev–Trinajstić information content (AvgIpc) is 2.94. The number of rotatable bonds is 6. The minimum atomic E-state index is 0.741. The molecular weight excluding hydrogens is 436 g/mol. The highest BCUT2D eigenvalue weighted by atomic mass is 14.9. The van der Waals surface area contributed by atoms with Gasteiger partial charge in [-0.3, -0.25) is 0 Å². The Kier molecular flexibility index (Phi) is 10.1. The molecule has 3 aromatic carbocycles. The molecule has 4 aromatic rings. The Morgan fingerprint density at radius 3 is 1.89 bits per heavy atom. The van der Waals surface area contributed by atoms with Crippen molar-refractivity contribution in [2.75, 3.05) is 0 Å². The van der Waals surface area contributed by atoms with Crippen molar-refractivity contribution in [1.82, 2.24) is 9.97 Å². The van der Waals surface area contributed by atoms with Gasteiger partial charge < -0.3 is 0 Å². The molecule has 2 nitrogen and oxygen atoms in total. The van der Waals surface area contributed by atoms with E-state index in [1.165, 1.54) is 16.7 Å². The zero-order chi connectivity index (χ0) is 25.8. The Hall–Kier alpha value is -4.04. The molecule has 0 spiro atoms. The number of nitrogens with zero attached hydrogens (tertiary/aromatic N) is 2. The van der Waals surface area contributed by atoms with Crippen molar-refractivity contribution < 1.29 is 0 Å². The van der Waals surface area contributed by atoms with E-state index in [1.54, 1.807) is 0 Å². The van der Waals surface area contributed by atoms with Crippen LogP contribution >= 0.6 is 0 Å². The SMILES string of the molecule is C/C=C(\C=C/CC)c1cc(-c2cc(C)cc(-c3ccccc3)c2)nc(-c2ccccc2)n1.C/C=C\C. The summed E-state index contributed by atoms with van der Waals surface area (Å²) in [7, 11) is 0. The molecule has 0 atom stereocenters. The Bertz CT molecular complexity index is 1330. The van der Waals surface area contributed by atoms with Gasteiger partial charge in [-0.1, -0.05) is 104 Å². The molecule has 182 valence electrons. The monoisotopic (exact) mass is 472 g/mol. The second-order valence-electron chi connectivity index (χ2n) is 8.50. The highest BCUT2D eigenvalue weighted by Gasteiger charge is 2.12. The van der Waals surface area contributed by atoms with Crippen molar-refractivity contribution in [3.05, 3.63) is 127 Å². The van der Waals surface area contributed by atoms with Crippen LogP contribution in [0.2, 0.25) is 0 Å². The molecule has 0 aliphatic rings. The van der Waals surface area contributed by atoms with Crippen molar-refractivity contribution in [3.63, 3.8) is 0 Å². The van der Waals surface area contributed by atoms with E-state index < -0.39 is 0 Å².